The van der Waals surface area contributed by atoms with Crippen LogP contribution < -0.4 is 5.32 Å². The van der Waals surface area contributed by atoms with Crippen LogP contribution in [0.3, 0.4) is 0 Å². The van der Waals surface area contributed by atoms with E-state index >= 15 is 0 Å². The molecule has 3 rings (SSSR count). The highest BCUT2D eigenvalue weighted by atomic mass is 16.1. The SMILES string of the molecule is Cc1ccn2cc(C(=O)NC[C@H](C)n3nc(C)cc3C)nc2c1. The summed E-state index contributed by atoms with van der Waals surface area (Å²) in [6.07, 6.45) is 3.66. The number of nitrogens with one attached hydrogen (secondary N) is 1. The lowest BCUT2D eigenvalue weighted by molar-refractivity contribution is 0.0943. The van der Waals surface area contributed by atoms with Crippen molar-refractivity contribution < 1.29 is 4.79 Å². The van der Waals surface area contributed by atoms with Gasteiger partial charge in [-0.05, 0) is 51.5 Å². The van der Waals surface area contributed by atoms with Crippen LogP contribution in [0.1, 0.15) is 40.4 Å². The molecule has 0 bridgehead atoms. The van der Waals surface area contributed by atoms with Crippen molar-refractivity contribution in [2.75, 3.05) is 6.54 Å². The fourth-order valence-corrected chi connectivity index (χ4v) is 2.70. The molecule has 0 saturated heterocycles. The molecule has 0 aromatic carbocycles. The number of aryl methyl sites for hydroxylation is 3. The molecule has 6 nitrogen and oxygen atoms in total. The fourth-order valence-electron chi connectivity index (χ4n) is 2.70. The maximum Gasteiger partial charge on any atom is 0.271 e. The minimum Gasteiger partial charge on any atom is -0.349 e. The van der Waals surface area contributed by atoms with E-state index in [2.05, 4.69) is 15.4 Å². The number of hydrogen-bond acceptors (Lipinski definition) is 3. The minimum absolute atomic E-state index is 0.0897. The van der Waals surface area contributed by atoms with Crippen LogP contribution in [-0.4, -0.2) is 31.6 Å². The number of pyridine rings is 1. The number of carbonyl (C=O) groups is 1. The van der Waals surface area contributed by atoms with Crippen molar-refractivity contribution in [2.24, 2.45) is 0 Å². The van der Waals surface area contributed by atoms with Gasteiger partial charge in [-0.1, -0.05) is 0 Å². The number of hydrogen-bond donors (Lipinski definition) is 1. The monoisotopic (exact) mass is 311 g/mol. The van der Waals surface area contributed by atoms with E-state index in [1.807, 2.05) is 61.2 Å². The van der Waals surface area contributed by atoms with E-state index in [4.69, 9.17) is 0 Å². The average Bonchev–Trinajstić information content (AvgIpc) is 3.06. The Hall–Kier alpha value is -2.63. The molecule has 6 heteroatoms. The lowest BCUT2D eigenvalue weighted by atomic mass is 10.3. The zero-order chi connectivity index (χ0) is 16.6. The second-order valence-electron chi connectivity index (χ2n) is 6.03. The molecular weight excluding hydrogens is 290 g/mol. The molecule has 0 unspecified atom stereocenters. The number of nitrogens with zero attached hydrogens (tertiary/aromatic N) is 4. The van der Waals surface area contributed by atoms with E-state index in [0.29, 0.717) is 12.2 Å². The number of rotatable bonds is 4. The average molecular weight is 311 g/mol. The van der Waals surface area contributed by atoms with Gasteiger partial charge in [0, 0.05) is 24.6 Å². The Balaban J connectivity index is 1.69. The van der Waals surface area contributed by atoms with Gasteiger partial charge in [0.15, 0.2) is 0 Å². The van der Waals surface area contributed by atoms with Crippen LogP contribution in [0.2, 0.25) is 0 Å². The third-order valence-electron chi connectivity index (χ3n) is 3.87. The van der Waals surface area contributed by atoms with Gasteiger partial charge in [-0.25, -0.2) is 4.98 Å². The number of carbonyl (C=O) groups excluding carboxylic acids is 1. The molecule has 3 heterocycles. The van der Waals surface area contributed by atoms with Crippen LogP contribution in [0.15, 0.2) is 30.6 Å². The summed E-state index contributed by atoms with van der Waals surface area (Å²) in [6.45, 7) is 8.53. The molecule has 120 valence electrons. The highest BCUT2D eigenvalue weighted by Gasteiger charge is 2.14. The van der Waals surface area contributed by atoms with Crippen LogP contribution in [0.5, 0.6) is 0 Å². The highest BCUT2D eigenvalue weighted by molar-refractivity contribution is 5.92. The van der Waals surface area contributed by atoms with Gasteiger partial charge in [0.2, 0.25) is 0 Å². The lowest BCUT2D eigenvalue weighted by Crippen LogP contribution is -2.30. The molecule has 0 radical (unpaired) electrons. The molecule has 0 aliphatic rings. The molecule has 0 aliphatic carbocycles. The molecule has 0 saturated carbocycles. The first-order valence-corrected chi connectivity index (χ1v) is 7.70. The summed E-state index contributed by atoms with van der Waals surface area (Å²) in [5.74, 6) is -0.167. The third kappa shape index (κ3) is 3.11. The molecular formula is C17H21N5O. The first-order valence-electron chi connectivity index (χ1n) is 7.70. The fraction of sp³-hybridized carbons (Fsp3) is 0.353. The zero-order valence-corrected chi connectivity index (χ0v) is 13.9. The summed E-state index contributed by atoms with van der Waals surface area (Å²) in [5, 5.41) is 7.38. The maximum absolute atomic E-state index is 12.3. The van der Waals surface area contributed by atoms with E-state index in [1.165, 1.54) is 0 Å². The predicted octanol–water partition coefficient (Wildman–Crippen LogP) is 2.45. The van der Waals surface area contributed by atoms with Gasteiger partial charge < -0.3 is 9.72 Å². The molecule has 1 amide bonds. The van der Waals surface area contributed by atoms with Crippen molar-refractivity contribution in [1.82, 2.24) is 24.5 Å². The Morgan fingerprint density at radius 3 is 2.78 bits per heavy atom. The molecule has 0 aliphatic heterocycles. The van der Waals surface area contributed by atoms with Gasteiger partial charge in [0.25, 0.3) is 5.91 Å². The molecule has 23 heavy (non-hydrogen) atoms. The van der Waals surface area contributed by atoms with Crippen LogP contribution in [-0.2, 0) is 0 Å². The van der Waals surface area contributed by atoms with Gasteiger partial charge in [0.05, 0.1) is 11.7 Å². The van der Waals surface area contributed by atoms with Crippen LogP contribution >= 0.6 is 0 Å². The highest BCUT2D eigenvalue weighted by Crippen LogP contribution is 2.11. The largest absolute Gasteiger partial charge is 0.349 e. The van der Waals surface area contributed by atoms with E-state index in [1.54, 1.807) is 6.20 Å². The van der Waals surface area contributed by atoms with Crippen LogP contribution in [0.4, 0.5) is 0 Å². The number of amides is 1. The summed E-state index contributed by atoms with van der Waals surface area (Å²) in [4.78, 5) is 16.7. The second-order valence-corrected chi connectivity index (χ2v) is 6.03. The normalized spacial score (nSPS) is 12.5. The lowest BCUT2D eigenvalue weighted by Gasteiger charge is -2.14. The van der Waals surface area contributed by atoms with E-state index in [0.717, 1.165) is 22.6 Å². The van der Waals surface area contributed by atoms with Crippen molar-refractivity contribution in [3.63, 3.8) is 0 Å². The first kappa shape index (κ1) is 15.3. The summed E-state index contributed by atoms with van der Waals surface area (Å²) in [7, 11) is 0. The van der Waals surface area contributed by atoms with E-state index in [-0.39, 0.29) is 11.9 Å². The third-order valence-corrected chi connectivity index (χ3v) is 3.87. The zero-order valence-electron chi connectivity index (χ0n) is 13.9. The number of imidazole rings is 1. The number of fused-ring (bicyclic) bond motifs is 1. The Morgan fingerprint density at radius 1 is 1.30 bits per heavy atom. The molecule has 1 atom stereocenters. The molecule has 0 fully saturated rings. The predicted molar refractivity (Wildman–Crippen MR) is 88.7 cm³/mol. The summed E-state index contributed by atoms with van der Waals surface area (Å²) >= 11 is 0. The summed E-state index contributed by atoms with van der Waals surface area (Å²) < 4.78 is 3.79. The Kier molecular flexibility index (Phi) is 3.90. The quantitative estimate of drug-likeness (QED) is 0.805. The van der Waals surface area contributed by atoms with E-state index in [9.17, 15) is 4.79 Å². The Bertz CT molecular complexity index is 861. The van der Waals surface area contributed by atoms with Crippen molar-refractivity contribution in [3.8, 4) is 0 Å². The van der Waals surface area contributed by atoms with E-state index < -0.39 is 0 Å². The van der Waals surface area contributed by atoms with Crippen molar-refractivity contribution in [3.05, 3.63) is 53.2 Å². The van der Waals surface area contributed by atoms with Gasteiger partial charge in [-0.3, -0.25) is 9.48 Å². The van der Waals surface area contributed by atoms with Gasteiger partial charge in [-0.15, -0.1) is 0 Å². The summed E-state index contributed by atoms with van der Waals surface area (Å²) in [5.41, 5.74) is 4.40. The minimum atomic E-state index is -0.167. The first-order chi connectivity index (χ1) is 10.9. The Morgan fingerprint density at radius 2 is 2.09 bits per heavy atom. The summed E-state index contributed by atoms with van der Waals surface area (Å²) in [6, 6.07) is 6.06. The smallest absolute Gasteiger partial charge is 0.271 e. The molecule has 0 spiro atoms. The van der Waals surface area contributed by atoms with Crippen molar-refractivity contribution in [1.29, 1.82) is 0 Å². The molecule has 3 aromatic heterocycles. The van der Waals surface area contributed by atoms with Crippen LogP contribution in [0, 0.1) is 20.8 Å². The second kappa shape index (κ2) is 5.87. The maximum atomic E-state index is 12.3. The number of aromatic nitrogens is 4. The van der Waals surface area contributed by atoms with Gasteiger partial charge >= 0.3 is 0 Å². The molecule has 3 aromatic rings. The van der Waals surface area contributed by atoms with Crippen molar-refractivity contribution >= 4 is 11.6 Å². The van der Waals surface area contributed by atoms with Gasteiger partial charge in [-0.2, -0.15) is 5.10 Å². The standard InChI is InChI=1S/C17H21N5O/c1-11-5-6-21-10-15(19-16(21)7-11)17(23)18-9-14(4)22-13(3)8-12(2)20-22/h5-8,10,14H,9H2,1-4H3,(H,18,23)/t14-/m0/s1. The van der Waals surface area contributed by atoms with Crippen molar-refractivity contribution in [2.45, 2.75) is 33.7 Å². The Labute approximate surface area is 135 Å². The molecule has 1 N–H and O–H groups in total. The van der Waals surface area contributed by atoms with Gasteiger partial charge in [0.1, 0.15) is 11.3 Å². The van der Waals surface area contributed by atoms with Crippen LogP contribution in [0.25, 0.3) is 5.65 Å². The topological polar surface area (TPSA) is 64.2 Å².